The van der Waals surface area contributed by atoms with Gasteiger partial charge in [-0.25, -0.2) is 4.79 Å². The lowest BCUT2D eigenvalue weighted by atomic mass is 10.0. The summed E-state index contributed by atoms with van der Waals surface area (Å²) in [5, 5.41) is 10.5. The number of carbonyl (C=O) groups excluding carboxylic acids is 1. The first kappa shape index (κ1) is 19.0. The van der Waals surface area contributed by atoms with Crippen LogP contribution in [0.1, 0.15) is 11.1 Å². The number of esters is 1. The molecular formula is C21H21NO4S. The summed E-state index contributed by atoms with van der Waals surface area (Å²) in [4.78, 5) is 27.3. The summed E-state index contributed by atoms with van der Waals surface area (Å²) >= 11 is 4.24. The fourth-order valence-electron chi connectivity index (χ4n) is 3.04. The lowest BCUT2D eigenvalue weighted by molar-refractivity contribution is -0.166. The molecule has 27 heavy (non-hydrogen) atoms. The number of rotatable bonds is 8. The zero-order valence-electron chi connectivity index (χ0n) is 14.7. The highest BCUT2D eigenvalue weighted by Crippen LogP contribution is 2.21. The molecule has 3 aromatic rings. The number of benzene rings is 2. The first-order valence-electron chi connectivity index (χ1n) is 8.71. The van der Waals surface area contributed by atoms with Crippen molar-refractivity contribution in [3.8, 4) is 0 Å². The molecule has 0 aliphatic rings. The summed E-state index contributed by atoms with van der Waals surface area (Å²) in [6.07, 6.45) is 1.09. The highest BCUT2D eigenvalue weighted by atomic mass is 32.1. The van der Waals surface area contributed by atoms with E-state index in [0.29, 0.717) is 6.42 Å². The van der Waals surface area contributed by atoms with Crippen molar-refractivity contribution in [2.75, 3.05) is 5.75 Å². The van der Waals surface area contributed by atoms with Gasteiger partial charge in [-0.2, -0.15) is 12.6 Å². The van der Waals surface area contributed by atoms with E-state index in [-0.39, 0.29) is 12.2 Å². The van der Waals surface area contributed by atoms with E-state index in [2.05, 4.69) is 17.6 Å². The molecule has 0 fully saturated rings. The van der Waals surface area contributed by atoms with Crippen LogP contribution in [0.25, 0.3) is 10.9 Å². The van der Waals surface area contributed by atoms with Crippen molar-refractivity contribution in [1.29, 1.82) is 0 Å². The van der Waals surface area contributed by atoms with Crippen molar-refractivity contribution in [1.82, 2.24) is 4.98 Å². The summed E-state index contributed by atoms with van der Waals surface area (Å²) in [6.45, 7) is 0. The number of aliphatic carboxylic acids is 1. The number of ether oxygens (including phenoxy) is 1. The molecule has 2 unspecified atom stereocenters. The molecule has 0 aliphatic carbocycles. The second-order valence-electron chi connectivity index (χ2n) is 6.40. The number of hydrogen-bond acceptors (Lipinski definition) is 4. The number of carboxylic acids is 1. The second-order valence-corrected chi connectivity index (χ2v) is 6.76. The standard InChI is InChI=1S/C21H21NO4S/c23-20(24)19(11-15-12-22-18-9-5-4-8-17(15)18)26-21(25)16(13-27)10-14-6-2-1-3-7-14/h1-9,12,16,19,22,27H,10-11,13H2,(H,23,24). The van der Waals surface area contributed by atoms with Crippen molar-refractivity contribution >= 4 is 35.5 Å². The van der Waals surface area contributed by atoms with E-state index >= 15 is 0 Å². The zero-order chi connectivity index (χ0) is 19.2. The van der Waals surface area contributed by atoms with Crippen LogP contribution >= 0.6 is 12.6 Å². The fourth-order valence-corrected chi connectivity index (χ4v) is 3.32. The Morgan fingerprint density at radius 1 is 1.04 bits per heavy atom. The van der Waals surface area contributed by atoms with Crippen LogP contribution in [0.2, 0.25) is 0 Å². The van der Waals surface area contributed by atoms with Gasteiger partial charge in [0.2, 0.25) is 6.10 Å². The van der Waals surface area contributed by atoms with E-state index in [9.17, 15) is 14.7 Å². The van der Waals surface area contributed by atoms with Crippen LogP contribution < -0.4 is 0 Å². The predicted octanol–water partition coefficient (Wildman–Crippen LogP) is 3.50. The number of hydrogen-bond donors (Lipinski definition) is 3. The fraction of sp³-hybridized carbons (Fsp3) is 0.238. The van der Waals surface area contributed by atoms with Crippen molar-refractivity contribution < 1.29 is 19.4 Å². The Bertz CT molecular complexity index is 922. The van der Waals surface area contributed by atoms with Crippen molar-refractivity contribution in [2.24, 2.45) is 5.92 Å². The lowest BCUT2D eigenvalue weighted by Gasteiger charge is -2.18. The van der Waals surface area contributed by atoms with Gasteiger partial charge in [0.1, 0.15) is 0 Å². The van der Waals surface area contributed by atoms with E-state index in [1.165, 1.54) is 0 Å². The average molecular weight is 383 g/mol. The monoisotopic (exact) mass is 383 g/mol. The van der Waals surface area contributed by atoms with Crippen molar-refractivity contribution in [3.63, 3.8) is 0 Å². The molecule has 2 N–H and O–H groups in total. The van der Waals surface area contributed by atoms with Gasteiger partial charge < -0.3 is 14.8 Å². The molecule has 140 valence electrons. The summed E-state index contributed by atoms with van der Waals surface area (Å²) in [6, 6.07) is 17.1. The summed E-state index contributed by atoms with van der Waals surface area (Å²) in [5.74, 6) is -1.92. The van der Waals surface area contributed by atoms with Gasteiger partial charge >= 0.3 is 11.9 Å². The number of nitrogens with one attached hydrogen (secondary N) is 1. The smallest absolute Gasteiger partial charge is 0.345 e. The lowest BCUT2D eigenvalue weighted by Crippen LogP contribution is -2.33. The molecule has 0 bridgehead atoms. The maximum atomic E-state index is 12.5. The summed E-state index contributed by atoms with van der Waals surface area (Å²) in [5.41, 5.74) is 2.70. The van der Waals surface area contributed by atoms with Gasteiger partial charge in [-0.3, -0.25) is 4.79 Å². The molecule has 2 atom stereocenters. The largest absolute Gasteiger partial charge is 0.478 e. The molecule has 2 aromatic carbocycles. The topological polar surface area (TPSA) is 79.4 Å². The van der Waals surface area contributed by atoms with Gasteiger partial charge in [0.15, 0.2) is 0 Å². The van der Waals surface area contributed by atoms with E-state index < -0.39 is 24.0 Å². The Balaban J connectivity index is 1.71. The maximum Gasteiger partial charge on any atom is 0.345 e. The van der Waals surface area contributed by atoms with Crippen LogP contribution in [0.15, 0.2) is 60.8 Å². The normalized spacial score (nSPS) is 13.2. The third-order valence-electron chi connectivity index (χ3n) is 4.49. The molecule has 0 saturated carbocycles. The van der Waals surface area contributed by atoms with Crippen LogP contribution in [0.4, 0.5) is 0 Å². The van der Waals surface area contributed by atoms with E-state index in [4.69, 9.17) is 4.74 Å². The maximum absolute atomic E-state index is 12.5. The van der Waals surface area contributed by atoms with Gasteiger partial charge in [0.05, 0.1) is 5.92 Å². The summed E-state index contributed by atoms with van der Waals surface area (Å²) in [7, 11) is 0. The van der Waals surface area contributed by atoms with Crippen molar-refractivity contribution in [3.05, 3.63) is 71.9 Å². The van der Waals surface area contributed by atoms with Gasteiger partial charge in [0.25, 0.3) is 0 Å². The number of fused-ring (bicyclic) bond motifs is 1. The van der Waals surface area contributed by atoms with Crippen LogP contribution in [0, 0.1) is 5.92 Å². The van der Waals surface area contributed by atoms with Crippen LogP contribution in [0.5, 0.6) is 0 Å². The Hall–Kier alpha value is -2.73. The number of aromatic nitrogens is 1. The molecule has 0 amide bonds. The number of carbonyl (C=O) groups is 2. The second kappa shape index (κ2) is 8.77. The Morgan fingerprint density at radius 2 is 1.74 bits per heavy atom. The van der Waals surface area contributed by atoms with E-state index in [1.54, 1.807) is 6.20 Å². The number of para-hydroxylation sites is 1. The summed E-state index contributed by atoms with van der Waals surface area (Å²) < 4.78 is 5.36. The Kier molecular flexibility index (Phi) is 6.19. The van der Waals surface area contributed by atoms with Crippen molar-refractivity contribution in [2.45, 2.75) is 18.9 Å². The van der Waals surface area contributed by atoms with Gasteiger partial charge in [-0.1, -0.05) is 48.5 Å². The minimum Gasteiger partial charge on any atom is -0.478 e. The molecule has 1 heterocycles. The minimum atomic E-state index is -1.24. The highest BCUT2D eigenvalue weighted by Gasteiger charge is 2.28. The SMILES string of the molecule is O=C(OC(Cc1c[nH]c2ccccc12)C(=O)O)C(CS)Cc1ccccc1. The number of H-pyrrole nitrogens is 1. The van der Waals surface area contributed by atoms with Gasteiger partial charge in [-0.15, -0.1) is 0 Å². The molecule has 0 spiro atoms. The Morgan fingerprint density at radius 3 is 2.44 bits per heavy atom. The van der Waals surface area contributed by atoms with Crippen LogP contribution in [-0.4, -0.2) is 33.9 Å². The first-order chi connectivity index (χ1) is 13.1. The van der Waals surface area contributed by atoms with Crippen LogP contribution in [0.3, 0.4) is 0 Å². The van der Waals surface area contributed by atoms with E-state index in [1.807, 2.05) is 54.6 Å². The molecule has 0 aliphatic heterocycles. The molecular weight excluding hydrogens is 362 g/mol. The zero-order valence-corrected chi connectivity index (χ0v) is 15.6. The Labute approximate surface area is 162 Å². The average Bonchev–Trinajstić information content (AvgIpc) is 3.09. The number of carboxylic acid groups (broad SMARTS) is 1. The van der Waals surface area contributed by atoms with Gasteiger partial charge in [0, 0.05) is 29.3 Å². The molecule has 5 nitrogen and oxygen atoms in total. The third-order valence-corrected chi connectivity index (χ3v) is 4.93. The van der Waals surface area contributed by atoms with Gasteiger partial charge in [-0.05, 0) is 23.6 Å². The quantitative estimate of drug-likeness (QED) is 0.411. The number of thiol groups is 1. The molecule has 1 aromatic heterocycles. The molecule has 0 saturated heterocycles. The molecule has 3 rings (SSSR count). The molecule has 0 radical (unpaired) electrons. The number of aromatic amines is 1. The third kappa shape index (κ3) is 4.71. The van der Waals surface area contributed by atoms with E-state index in [0.717, 1.165) is 22.0 Å². The predicted molar refractivity (Wildman–Crippen MR) is 107 cm³/mol. The first-order valence-corrected chi connectivity index (χ1v) is 9.34. The highest BCUT2D eigenvalue weighted by molar-refractivity contribution is 7.80. The molecule has 6 heteroatoms. The van der Waals surface area contributed by atoms with Crippen LogP contribution in [-0.2, 0) is 27.2 Å². The minimum absolute atomic E-state index is 0.107.